The van der Waals surface area contributed by atoms with Crippen LogP contribution in [-0.2, 0) is 4.74 Å². The largest absolute Gasteiger partial charge is 0.494 e. The van der Waals surface area contributed by atoms with Crippen LogP contribution < -0.4 is 10.1 Å². The first-order valence-electron chi connectivity index (χ1n) is 5.81. The summed E-state index contributed by atoms with van der Waals surface area (Å²) in [4.78, 5) is 11.9. The standard InChI is InChI=1S/C13H18BrNO3/c1-3-18-12-6-4-10(5-7-12)13(16)15-8-11(14)9-17-2/h4-7,11H,3,8-9H2,1-2H3,(H,15,16). The molecule has 1 atom stereocenters. The summed E-state index contributed by atoms with van der Waals surface area (Å²) in [6, 6.07) is 7.08. The summed E-state index contributed by atoms with van der Waals surface area (Å²) in [7, 11) is 1.63. The molecule has 1 amide bonds. The predicted molar refractivity (Wildman–Crippen MR) is 74.5 cm³/mol. The van der Waals surface area contributed by atoms with Crippen molar-refractivity contribution in [3.8, 4) is 5.75 Å². The van der Waals surface area contributed by atoms with Gasteiger partial charge in [-0.25, -0.2) is 0 Å². The summed E-state index contributed by atoms with van der Waals surface area (Å²) in [5.41, 5.74) is 0.621. The molecule has 0 saturated heterocycles. The highest BCUT2D eigenvalue weighted by atomic mass is 79.9. The highest BCUT2D eigenvalue weighted by molar-refractivity contribution is 9.09. The Morgan fingerprint density at radius 3 is 2.61 bits per heavy atom. The van der Waals surface area contributed by atoms with Crippen molar-refractivity contribution < 1.29 is 14.3 Å². The van der Waals surface area contributed by atoms with Gasteiger partial charge in [-0.05, 0) is 31.2 Å². The van der Waals surface area contributed by atoms with Gasteiger partial charge in [-0.3, -0.25) is 4.79 Å². The first kappa shape index (κ1) is 15.0. The van der Waals surface area contributed by atoms with Gasteiger partial charge in [0.25, 0.3) is 5.91 Å². The number of halogens is 1. The van der Waals surface area contributed by atoms with E-state index in [-0.39, 0.29) is 10.7 Å². The van der Waals surface area contributed by atoms with Gasteiger partial charge in [0.1, 0.15) is 5.75 Å². The Kier molecular flexibility index (Phi) is 6.75. The molecular formula is C13H18BrNO3. The first-order chi connectivity index (χ1) is 8.67. The van der Waals surface area contributed by atoms with Crippen LogP contribution in [0.2, 0.25) is 0 Å². The number of carbonyl (C=O) groups is 1. The lowest BCUT2D eigenvalue weighted by Crippen LogP contribution is -2.31. The molecule has 1 N–H and O–H groups in total. The second-order valence-corrected chi connectivity index (χ2v) is 5.01. The number of hydrogen-bond acceptors (Lipinski definition) is 3. The van der Waals surface area contributed by atoms with Crippen LogP contribution in [0.25, 0.3) is 0 Å². The molecule has 0 aliphatic heterocycles. The number of alkyl halides is 1. The SMILES string of the molecule is CCOc1ccc(C(=O)NCC(Br)COC)cc1. The number of nitrogens with one attached hydrogen (secondary N) is 1. The fourth-order valence-electron chi connectivity index (χ4n) is 1.41. The van der Waals surface area contributed by atoms with Gasteiger partial charge in [-0.2, -0.15) is 0 Å². The van der Waals surface area contributed by atoms with Crippen molar-refractivity contribution in [1.29, 1.82) is 0 Å². The van der Waals surface area contributed by atoms with Crippen molar-refractivity contribution >= 4 is 21.8 Å². The molecule has 1 aromatic carbocycles. The van der Waals surface area contributed by atoms with Crippen LogP contribution in [0.15, 0.2) is 24.3 Å². The first-order valence-corrected chi connectivity index (χ1v) is 6.73. The lowest BCUT2D eigenvalue weighted by atomic mass is 10.2. The number of ether oxygens (including phenoxy) is 2. The zero-order chi connectivity index (χ0) is 13.4. The molecule has 1 aromatic rings. The average molecular weight is 316 g/mol. The second-order valence-electron chi connectivity index (χ2n) is 3.72. The minimum atomic E-state index is -0.0985. The number of benzene rings is 1. The van der Waals surface area contributed by atoms with Crippen LogP contribution in [0.5, 0.6) is 5.75 Å². The highest BCUT2D eigenvalue weighted by Crippen LogP contribution is 2.12. The molecule has 5 heteroatoms. The van der Waals surface area contributed by atoms with Crippen molar-refractivity contribution in [3.05, 3.63) is 29.8 Å². The van der Waals surface area contributed by atoms with E-state index >= 15 is 0 Å². The zero-order valence-electron chi connectivity index (χ0n) is 10.6. The smallest absolute Gasteiger partial charge is 0.251 e. The normalized spacial score (nSPS) is 11.9. The van der Waals surface area contributed by atoms with Crippen molar-refractivity contribution in [2.24, 2.45) is 0 Å². The number of rotatable bonds is 7. The fourth-order valence-corrected chi connectivity index (χ4v) is 1.84. The molecule has 1 rings (SSSR count). The Bertz CT molecular complexity index is 367. The average Bonchev–Trinajstić information content (AvgIpc) is 2.37. The lowest BCUT2D eigenvalue weighted by molar-refractivity contribution is 0.0950. The number of hydrogen-bond donors (Lipinski definition) is 1. The third kappa shape index (κ3) is 5.06. The van der Waals surface area contributed by atoms with Crippen LogP contribution in [0.3, 0.4) is 0 Å². The summed E-state index contributed by atoms with van der Waals surface area (Å²) in [5.74, 6) is 0.672. The molecular weight excluding hydrogens is 298 g/mol. The van der Waals surface area contributed by atoms with Crippen molar-refractivity contribution in [3.63, 3.8) is 0 Å². The topological polar surface area (TPSA) is 47.6 Å². The van der Waals surface area contributed by atoms with Gasteiger partial charge in [0, 0.05) is 19.2 Å². The maximum absolute atomic E-state index is 11.8. The molecule has 1 unspecified atom stereocenters. The van der Waals surface area contributed by atoms with Crippen LogP contribution in [0, 0.1) is 0 Å². The highest BCUT2D eigenvalue weighted by Gasteiger charge is 2.08. The fraction of sp³-hybridized carbons (Fsp3) is 0.462. The molecule has 0 aromatic heterocycles. The molecule has 0 aliphatic carbocycles. The van der Waals surface area contributed by atoms with Gasteiger partial charge in [0.05, 0.1) is 18.0 Å². The summed E-state index contributed by atoms with van der Waals surface area (Å²) in [6.45, 7) is 3.63. The zero-order valence-corrected chi connectivity index (χ0v) is 12.2. The van der Waals surface area contributed by atoms with Gasteiger partial charge in [-0.15, -0.1) is 0 Å². The third-order valence-electron chi connectivity index (χ3n) is 2.26. The van der Waals surface area contributed by atoms with Crippen molar-refractivity contribution in [1.82, 2.24) is 5.32 Å². The van der Waals surface area contributed by atoms with Gasteiger partial charge in [0.15, 0.2) is 0 Å². The molecule has 100 valence electrons. The van der Waals surface area contributed by atoms with Gasteiger partial charge in [-0.1, -0.05) is 15.9 Å². The maximum Gasteiger partial charge on any atom is 0.251 e. The van der Waals surface area contributed by atoms with E-state index in [9.17, 15) is 4.79 Å². The van der Waals surface area contributed by atoms with Gasteiger partial charge >= 0.3 is 0 Å². The Morgan fingerprint density at radius 2 is 2.06 bits per heavy atom. The summed E-state index contributed by atoms with van der Waals surface area (Å²) >= 11 is 3.41. The van der Waals surface area contributed by atoms with Gasteiger partial charge < -0.3 is 14.8 Å². The van der Waals surface area contributed by atoms with E-state index in [1.807, 2.05) is 6.92 Å². The number of amides is 1. The predicted octanol–water partition coefficient (Wildman–Crippen LogP) is 2.22. The molecule has 18 heavy (non-hydrogen) atoms. The molecule has 0 spiro atoms. The van der Waals surface area contributed by atoms with Gasteiger partial charge in [0.2, 0.25) is 0 Å². The Labute approximate surface area is 116 Å². The molecule has 4 nitrogen and oxygen atoms in total. The van der Waals surface area contributed by atoms with Crippen molar-refractivity contribution in [2.75, 3.05) is 26.9 Å². The Morgan fingerprint density at radius 1 is 1.39 bits per heavy atom. The summed E-state index contributed by atoms with van der Waals surface area (Å²) in [5, 5.41) is 2.83. The van der Waals surface area contributed by atoms with E-state index in [1.54, 1.807) is 31.4 Å². The second kappa shape index (κ2) is 8.11. The molecule has 0 fully saturated rings. The number of methoxy groups -OCH3 is 1. The minimum Gasteiger partial charge on any atom is -0.494 e. The van der Waals surface area contributed by atoms with E-state index in [1.165, 1.54) is 0 Å². The third-order valence-corrected chi connectivity index (χ3v) is 2.85. The molecule has 0 heterocycles. The molecule has 0 saturated carbocycles. The summed E-state index contributed by atoms with van der Waals surface area (Å²) < 4.78 is 10.3. The monoisotopic (exact) mass is 315 g/mol. The lowest BCUT2D eigenvalue weighted by Gasteiger charge is -2.10. The van der Waals surface area contributed by atoms with Crippen LogP contribution in [0.1, 0.15) is 17.3 Å². The Balaban J connectivity index is 2.46. The van der Waals surface area contributed by atoms with E-state index in [4.69, 9.17) is 9.47 Å². The minimum absolute atomic E-state index is 0.0985. The quantitative estimate of drug-likeness (QED) is 0.785. The van der Waals surface area contributed by atoms with Crippen LogP contribution in [-0.4, -0.2) is 37.6 Å². The molecule has 0 aliphatic rings. The Hall–Kier alpha value is -1.07. The van der Waals surface area contributed by atoms with Crippen LogP contribution >= 0.6 is 15.9 Å². The van der Waals surface area contributed by atoms with Crippen molar-refractivity contribution in [2.45, 2.75) is 11.8 Å². The molecule has 0 radical (unpaired) electrons. The van der Waals surface area contributed by atoms with E-state index in [0.717, 1.165) is 5.75 Å². The summed E-state index contributed by atoms with van der Waals surface area (Å²) in [6.07, 6.45) is 0. The molecule has 0 bridgehead atoms. The van der Waals surface area contributed by atoms with E-state index < -0.39 is 0 Å². The van der Waals surface area contributed by atoms with E-state index in [0.29, 0.717) is 25.3 Å². The number of carbonyl (C=O) groups excluding carboxylic acids is 1. The maximum atomic E-state index is 11.8. The van der Waals surface area contributed by atoms with Crippen LogP contribution in [0.4, 0.5) is 0 Å². The van der Waals surface area contributed by atoms with E-state index in [2.05, 4.69) is 21.2 Å².